The van der Waals surface area contributed by atoms with Crippen molar-refractivity contribution in [3.8, 4) is 0 Å². The second kappa shape index (κ2) is 4.71. The van der Waals surface area contributed by atoms with Gasteiger partial charge in [0, 0.05) is 6.20 Å². The van der Waals surface area contributed by atoms with Crippen LogP contribution in [0.1, 0.15) is 13.3 Å². The Balaban J connectivity index is 2.18. The van der Waals surface area contributed by atoms with Crippen LogP contribution in [0.25, 0.3) is 11.0 Å². The second-order valence-corrected chi connectivity index (χ2v) is 6.87. The molecule has 0 amide bonds. The molecule has 0 spiro atoms. The fourth-order valence-electron chi connectivity index (χ4n) is 2.12. The molecule has 5 nitrogen and oxygen atoms in total. The van der Waals surface area contributed by atoms with Crippen LogP contribution in [0.3, 0.4) is 0 Å². The summed E-state index contributed by atoms with van der Waals surface area (Å²) in [7, 11) is -3.66. The molecule has 0 saturated carbocycles. The lowest BCUT2D eigenvalue weighted by Gasteiger charge is -2.13. The number of halogens is 1. The maximum Gasteiger partial charge on any atom is 0.267 e. The summed E-state index contributed by atoms with van der Waals surface area (Å²) in [6.45, 7) is 2.03. The highest BCUT2D eigenvalue weighted by molar-refractivity contribution is 7.94. The first-order valence-electron chi connectivity index (χ1n) is 6.11. The first-order valence-corrected chi connectivity index (χ1v) is 7.93. The highest BCUT2D eigenvalue weighted by Crippen LogP contribution is 2.27. The number of aromatic nitrogens is 3. The Hall–Kier alpha value is -1.66. The maximum atomic E-state index is 12.7. The zero-order valence-electron chi connectivity index (χ0n) is 10.7. The molecule has 2 heterocycles. The van der Waals surface area contributed by atoms with Gasteiger partial charge in [-0.15, -0.1) is 0 Å². The van der Waals surface area contributed by atoms with Crippen LogP contribution in [0.5, 0.6) is 0 Å². The van der Waals surface area contributed by atoms with Gasteiger partial charge in [0.15, 0.2) is 5.15 Å². The maximum absolute atomic E-state index is 12.7. The number of rotatable bonds is 2. The summed E-state index contributed by atoms with van der Waals surface area (Å²) in [6.07, 6.45) is 8.71. The molecule has 1 unspecified atom stereocenters. The smallest absolute Gasteiger partial charge is 0.236 e. The molecule has 104 valence electrons. The molecule has 0 radical (unpaired) electrons. The van der Waals surface area contributed by atoms with Crippen LogP contribution in [0.2, 0.25) is 5.15 Å². The molecule has 0 N–H and O–H groups in total. The lowest BCUT2D eigenvalue weighted by atomic mass is 10.0. The van der Waals surface area contributed by atoms with Gasteiger partial charge in [-0.1, -0.05) is 30.7 Å². The fourth-order valence-corrected chi connectivity index (χ4v) is 3.83. The molecule has 20 heavy (non-hydrogen) atoms. The van der Waals surface area contributed by atoms with Gasteiger partial charge >= 0.3 is 0 Å². The van der Waals surface area contributed by atoms with E-state index < -0.39 is 10.0 Å². The van der Waals surface area contributed by atoms with Gasteiger partial charge in [0.1, 0.15) is 11.8 Å². The summed E-state index contributed by atoms with van der Waals surface area (Å²) >= 11 is 6.00. The monoisotopic (exact) mass is 309 g/mol. The summed E-state index contributed by atoms with van der Waals surface area (Å²) in [6, 6.07) is 1.61. The summed E-state index contributed by atoms with van der Waals surface area (Å²) in [5, 5.41) is 0.123. The van der Waals surface area contributed by atoms with Crippen molar-refractivity contribution < 1.29 is 8.42 Å². The van der Waals surface area contributed by atoms with Crippen LogP contribution in [-0.4, -0.2) is 22.4 Å². The molecule has 1 aliphatic carbocycles. The average Bonchev–Trinajstić information content (AvgIpc) is 2.85. The minimum Gasteiger partial charge on any atom is -0.236 e. The number of fused-ring (bicyclic) bond motifs is 1. The standard InChI is InChI=1S/C13H12ClN3O2S/c1-9-2-4-10(5-3-9)20(18,19)17-7-6-11-12(17)13(14)16-8-15-11/h2,4-9H,3H2,1H3. The van der Waals surface area contributed by atoms with E-state index >= 15 is 0 Å². The van der Waals surface area contributed by atoms with Crippen molar-refractivity contribution in [2.24, 2.45) is 5.92 Å². The Kier molecular flexibility index (Phi) is 3.14. The van der Waals surface area contributed by atoms with Crippen molar-refractivity contribution in [2.45, 2.75) is 13.3 Å². The minimum atomic E-state index is -3.66. The highest BCUT2D eigenvalue weighted by Gasteiger charge is 2.23. The summed E-state index contributed by atoms with van der Waals surface area (Å²) < 4.78 is 26.4. The predicted octanol–water partition coefficient (Wildman–Crippen LogP) is 2.74. The van der Waals surface area contributed by atoms with Crippen LogP contribution < -0.4 is 0 Å². The quantitative estimate of drug-likeness (QED) is 0.800. The van der Waals surface area contributed by atoms with E-state index in [0.717, 1.165) is 3.97 Å². The van der Waals surface area contributed by atoms with Gasteiger partial charge < -0.3 is 0 Å². The molecule has 3 rings (SSSR count). The van der Waals surface area contributed by atoms with Crippen molar-refractivity contribution in [3.63, 3.8) is 0 Å². The Morgan fingerprint density at radius 1 is 1.40 bits per heavy atom. The van der Waals surface area contributed by atoms with E-state index in [1.54, 1.807) is 18.2 Å². The Labute approximate surface area is 121 Å². The van der Waals surface area contributed by atoms with E-state index in [-0.39, 0.29) is 10.1 Å². The molecular weight excluding hydrogens is 298 g/mol. The zero-order chi connectivity index (χ0) is 14.3. The van der Waals surface area contributed by atoms with Crippen molar-refractivity contribution in [2.75, 3.05) is 0 Å². The van der Waals surface area contributed by atoms with E-state index in [1.807, 2.05) is 13.0 Å². The van der Waals surface area contributed by atoms with E-state index in [1.165, 1.54) is 12.5 Å². The molecule has 0 aliphatic heterocycles. The van der Waals surface area contributed by atoms with Crippen molar-refractivity contribution in [1.82, 2.24) is 13.9 Å². The Morgan fingerprint density at radius 2 is 2.20 bits per heavy atom. The molecule has 0 bridgehead atoms. The lowest BCUT2D eigenvalue weighted by Crippen LogP contribution is -2.15. The van der Waals surface area contributed by atoms with E-state index in [4.69, 9.17) is 11.6 Å². The van der Waals surface area contributed by atoms with Gasteiger partial charge in [-0.2, -0.15) is 0 Å². The van der Waals surface area contributed by atoms with Crippen molar-refractivity contribution >= 4 is 32.7 Å². The zero-order valence-corrected chi connectivity index (χ0v) is 12.3. The highest BCUT2D eigenvalue weighted by atomic mass is 35.5. The topological polar surface area (TPSA) is 64.8 Å². The first kappa shape index (κ1) is 13.3. The van der Waals surface area contributed by atoms with Gasteiger partial charge in [0.25, 0.3) is 10.0 Å². The van der Waals surface area contributed by atoms with E-state index in [9.17, 15) is 8.42 Å². The van der Waals surface area contributed by atoms with Gasteiger partial charge in [-0.3, -0.25) is 0 Å². The summed E-state index contributed by atoms with van der Waals surface area (Å²) in [4.78, 5) is 8.13. The van der Waals surface area contributed by atoms with Gasteiger partial charge in [0.05, 0.1) is 10.4 Å². The number of hydrogen-bond donors (Lipinski definition) is 0. The van der Waals surface area contributed by atoms with Gasteiger partial charge in [-0.25, -0.2) is 22.4 Å². The second-order valence-electron chi connectivity index (χ2n) is 4.69. The van der Waals surface area contributed by atoms with Crippen LogP contribution in [-0.2, 0) is 10.0 Å². The molecule has 0 saturated heterocycles. The predicted molar refractivity (Wildman–Crippen MR) is 77.9 cm³/mol. The lowest BCUT2D eigenvalue weighted by molar-refractivity contribution is 0.595. The Morgan fingerprint density at radius 3 is 2.90 bits per heavy atom. The largest absolute Gasteiger partial charge is 0.267 e. The normalized spacial score (nSPS) is 19.3. The molecule has 2 aromatic heterocycles. The Bertz CT molecular complexity index is 836. The number of allylic oxidation sites excluding steroid dienone is 3. The fraction of sp³-hybridized carbons (Fsp3) is 0.231. The molecule has 0 fully saturated rings. The van der Waals surface area contributed by atoms with E-state index in [0.29, 0.717) is 23.4 Å². The molecular formula is C13H12ClN3O2S. The van der Waals surface area contributed by atoms with Crippen LogP contribution in [0.15, 0.2) is 41.7 Å². The molecule has 1 atom stereocenters. The SMILES string of the molecule is CC1C=CC(S(=O)(=O)n2ccc3ncnc(Cl)c32)=CC1. The number of nitrogens with zero attached hydrogens (tertiary/aromatic N) is 3. The van der Waals surface area contributed by atoms with Crippen LogP contribution in [0.4, 0.5) is 0 Å². The molecule has 7 heteroatoms. The third-order valence-corrected chi connectivity index (χ3v) is 5.23. The van der Waals surface area contributed by atoms with Crippen molar-refractivity contribution in [3.05, 3.63) is 46.9 Å². The molecule has 1 aliphatic rings. The average molecular weight is 310 g/mol. The van der Waals surface area contributed by atoms with Crippen LogP contribution in [0, 0.1) is 5.92 Å². The van der Waals surface area contributed by atoms with Gasteiger partial charge in [0.2, 0.25) is 0 Å². The third kappa shape index (κ3) is 2.05. The molecule has 2 aromatic rings. The minimum absolute atomic E-state index is 0.123. The van der Waals surface area contributed by atoms with E-state index in [2.05, 4.69) is 9.97 Å². The van der Waals surface area contributed by atoms with Crippen LogP contribution >= 0.6 is 11.6 Å². The summed E-state index contributed by atoms with van der Waals surface area (Å²) in [5.41, 5.74) is 0.810. The molecule has 0 aromatic carbocycles. The van der Waals surface area contributed by atoms with Crippen molar-refractivity contribution in [1.29, 1.82) is 0 Å². The summed E-state index contributed by atoms with van der Waals surface area (Å²) in [5.74, 6) is 0.349. The first-order chi connectivity index (χ1) is 9.50. The number of hydrogen-bond acceptors (Lipinski definition) is 4. The third-order valence-electron chi connectivity index (χ3n) is 3.23. The van der Waals surface area contributed by atoms with Gasteiger partial charge in [-0.05, 0) is 24.5 Å².